The lowest BCUT2D eigenvalue weighted by molar-refractivity contribution is -0.115. The number of benzene rings is 1. The largest absolute Gasteiger partial charge is 0.356 e. The van der Waals surface area contributed by atoms with Crippen LogP contribution in [-0.4, -0.2) is 41.8 Å². The highest BCUT2D eigenvalue weighted by Gasteiger charge is 2.24. The zero-order chi connectivity index (χ0) is 22.5. The molecule has 6 nitrogen and oxygen atoms in total. The number of amides is 2. The Hall–Kier alpha value is -3.15. The molecule has 0 unspecified atom stereocenters. The number of carbonyl (C=O) groups excluding carboxylic acids is 2. The number of pyridine rings is 1. The molecule has 0 radical (unpaired) electrons. The highest BCUT2D eigenvalue weighted by atomic mass is 16.2. The van der Waals surface area contributed by atoms with Crippen LogP contribution in [0.15, 0.2) is 37.0 Å². The maximum absolute atomic E-state index is 13.1. The van der Waals surface area contributed by atoms with Gasteiger partial charge in [0.25, 0.3) is 5.91 Å². The highest BCUT2D eigenvalue weighted by Crippen LogP contribution is 2.32. The summed E-state index contributed by atoms with van der Waals surface area (Å²) >= 11 is 0. The molecule has 0 aliphatic carbocycles. The Bertz CT molecular complexity index is 999. The minimum Gasteiger partial charge on any atom is -0.356 e. The molecule has 2 amide bonds. The molecular formula is C25H32N4O2. The van der Waals surface area contributed by atoms with Gasteiger partial charge in [0, 0.05) is 31.4 Å². The Kier molecular flexibility index (Phi) is 7.10. The lowest BCUT2D eigenvalue weighted by Gasteiger charge is -2.27. The number of anilines is 2. The number of aromatic nitrogens is 1. The van der Waals surface area contributed by atoms with Crippen molar-refractivity contribution in [2.24, 2.45) is 0 Å². The van der Waals surface area contributed by atoms with Crippen molar-refractivity contribution in [1.82, 2.24) is 9.88 Å². The Labute approximate surface area is 185 Å². The van der Waals surface area contributed by atoms with E-state index in [4.69, 9.17) is 4.98 Å². The summed E-state index contributed by atoms with van der Waals surface area (Å²) in [6.45, 7) is 11.6. The lowest BCUT2D eigenvalue weighted by atomic mass is 10.0. The third-order valence-corrected chi connectivity index (χ3v) is 5.74. The molecule has 1 aromatic carbocycles. The molecule has 1 aromatic heterocycles. The van der Waals surface area contributed by atoms with E-state index >= 15 is 0 Å². The average Bonchev–Trinajstić information content (AvgIpc) is 3.14. The van der Waals surface area contributed by atoms with Crippen molar-refractivity contribution in [2.45, 2.75) is 46.5 Å². The number of aryl methyl sites for hydroxylation is 1. The molecule has 2 heterocycles. The summed E-state index contributed by atoms with van der Waals surface area (Å²) in [7, 11) is 1.71. The zero-order valence-electron chi connectivity index (χ0n) is 19.0. The second-order valence-electron chi connectivity index (χ2n) is 8.01. The van der Waals surface area contributed by atoms with E-state index in [1.807, 2.05) is 31.2 Å². The highest BCUT2D eigenvalue weighted by molar-refractivity contribution is 6.02. The summed E-state index contributed by atoms with van der Waals surface area (Å²) < 4.78 is 0. The normalized spacial score (nSPS) is 12.3. The molecule has 6 heteroatoms. The maximum atomic E-state index is 13.1. The van der Waals surface area contributed by atoms with Gasteiger partial charge in [-0.05, 0) is 55.8 Å². The molecule has 0 saturated heterocycles. The van der Waals surface area contributed by atoms with Gasteiger partial charge in [0.2, 0.25) is 5.91 Å². The molecule has 1 aliphatic rings. The lowest BCUT2D eigenvalue weighted by Crippen LogP contribution is -2.30. The van der Waals surface area contributed by atoms with Crippen LogP contribution in [0.2, 0.25) is 0 Å². The molecule has 0 atom stereocenters. The Balaban J connectivity index is 2.09. The van der Waals surface area contributed by atoms with Gasteiger partial charge in [0.1, 0.15) is 5.82 Å². The predicted molar refractivity (Wildman–Crippen MR) is 126 cm³/mol. The van der Waals surface area contributed by atoms with E-state index in [1.165, 1.54) is 11.1 Å². The van der Waals surface area contributed by atoms with E-state index in [-0.39, 0.29) is 11.8 Å². The van der Waals surface area contributed by atoms with Crippen LogP contribution in [0.25, 0.3) is 11.3 Å². The molecule has 1 aliphatic heterocycles. The van der Waals surface area contributed by atoms with Crippen LogP contribution in [0, 0.1) is 6.92 Å². The Morgan fingerprint density at radius 2 is 2.03 bits per heavy atom. The van der Waals surface area contributed by atoms with Gasteiger partial charge >= 0.3 is 0 Å². The van der Waals surface area contributed by atoms with Crippen molar-refractivity contribution in [2.75, 3.05) is 30.4 Å². The van der Waals surface area contributed by atoms with Gasteiger partial charge in [-0.1, -0.05) is 32.4 Å². The van der Waals surface area contributed by atoms with Gasteiger partial charge in [-0.2, -0.15) is 0 Å². The summed E-state index contributed by atoms with van der Waals surface area (Å²) in [6.07, 6.45) is 5.23. The monoisotopic (exact) mass is 420 g/mol. The molecule has 1 N–H and O–H groups in total. The van der Waals surface area contributed by atoms with E-state index in [1.54, 1.807) is 7.05 Å². The van der Waals surface area contributed by atoms with Gasteiger partial charge in [0.05, 0.1) is 17.7 Å². The summed E-state index contributed by atoms with van der Waals surface area (Å²) in [5.74, 6) is 0.611. The third kappa shape index (κ3) is 4.79. The smallest absolute Gasteiger partial charge is 0.261 e. The minimum absolute atomic E-state index is 0.0125. The Morgan fingerprint density at radius 1 is 1.26 bits per heavy atom. The zero-order valence-corrected chi connectivity index (χ0v) is 19.0. The summed E-state index contributed by atoms with van der Waals surface area (Å²) in [4.78, 5) is 33.5. The first-order chi connectivity index (χ1) is 14.9. The van der Waals surface area contributed by atoms with Crippen LogP contribution in [0.5, 0.6) is 0 Å². The number of rotatable bonds is 9. The number of fused-ring (bicyclic) bond motifs is 1. The third-order valence-electron chi connectivity index (χ3n) is 5.74. The van der Waals surface area contributed by atoms with Crippen molar-refractivity contribution >= 4 is 23.3 Å². The first-order valence-corrected chi connectivity index (χ1v) is 11.0. The molecule has 31 heavy (non-hydrogen) atoms. The number of unbranched alkanes of at least 4 members (excludes halogenated alkanes) is 2. The van der Waals surface area contributed by atoms with Crippen molar-refractivity contribution in [3.05, 3.63) is 53.7 Å². The topological polar surface area (TPSA) is 65.5 Å². The van der Waals surface area contributed by atoms with Crippen molar-refractivity contribution in [3.63, 3.8) is 0 Å². The van der Waals surface area contributed by atoms with Crippen LogP contribution in [0.1, 0.15) is 54.6 Å². The van der Waals surface area contributed by atoms with Crippen LogP contribution >= 0.6 is 0 Å². The molecule has 3 rings (SSSR count). The summed E-state index contributed by atoms with van der Waals surface area (Å²) in [5, 5.41) is 2.87. The minimum atomic E-state index is -0.112. The second kappa shape index (κ2) is 9.77. The maximum Gasteiger partial charge on any atom is 0.261 e. The average molecular weight is 421 g/mol. The molecule has 0 bridgehead atoms. The van der Waals surface area contributed by atoms with Crippen LogP contribution in [0.3, 0.4) is 0 Å². The van der Waals surface area contributed by atoms with E-state index < -0.39 is 0 Å². The first kappa shape index (κ1) is 22.5. The summed E-state index contributed by atoms with van der Waals surface area (Å²) in [5.41, 5.74) is 5.08. The molecule has 0 spiro atoms. The molecular weight excluding hydrogens is 388 g/mol. The molecule has 164 valence electrons. The van der Waals surface area contributed by atoms with E-state index in [9.17, 15) is 9.59 Å². The fourth-order valence-corrected chi connectivity index (χ4v) is 3.91. The van der Waals surface area contributed by atoms with E-state index in [2.05, 4.69) is 30.6 Å². The fraction of sp³-hybridized carbons (Fsp3) is 0.400. The van der Waals surface area contributed by atoms with Crippen LogP contribution in [-0.2, 0) is 11.2 Å². The van der Waals surface area contributed by atoms with Crippen LogP contribution < -0.4 is 10.2 Å². The number of nitrogens with zero attached hydrogens (tertiary/aromatic N) is 3. The van der Waals surface area contributed by atoms with E-state index in [0.717, 1.165) is 60.4 Å². The molecule has 0 saturated carbocycles. The number of carbonyl (C=O) groups is 2. The first-order valence-electron chi connectivity index (χ1n) is 11.0. The van der Waals surface area contributed by atoms with E-state index in [0.29, 0.717) is 17.8 Å². The number of hydrogen-bond acceptors (Lipinski definition) is 4. The van der Waals surface area contributed by atoms with Gasteiger partial charge in [-0.25, -0.2) is 4.98 Å². The van der Waals surface area contributed by atoms with Crippen molar-refractivity contribution in [1.29, 1.82) is 0 Å². The van der Waals surface area contributed by atoms with Gasteiger partial charge in [-0.3, -0.25) is 9.59 Å². The number of nitrogens with one attached hydrogen (secondary N) is 1. The molecule has 0 fully saturated rings. The van der Waals surface area contributed by atoms with Gasteiger partial charge < -0.3 is 15.1 Å². The second-order valence-corrected chi connectivity index (χ2v) is 8.01. The summed E-state index contributed by atoms with van der Waals surface area (Å²) in [6, 6.07) is 7.87. The van der Waals surface area contributed by atoms with Gasteiger partial charge in [-0.15, -0.1) is 0 Å². The Morgan fingerprint density at radius 3 is 2.71 bits per heavy atom. The van der Waals surface area contributed by atoms with Crippen LogP contribution in [0.4, 0.5) is 11.5 Å². The van der Waals surface area contributed by atoms with Gasteiger partial charge in [0.15, 0.2) is 0 Å². The fourth-order valence-electron chi connectivity index (χ4n) is 3.91. The van der Waals surface area contributed by atoms with Crippen molar-refractivity contribution in [3.8, 4) is 11.3 Å². The molecule has 2 aromatic rings. The predicted octanol–water partition coefficient (Wildman–Crippen LogP) is 4.78. The standard InChI is InChI=1S/C25H32N4O2/c1-6-9-10-13-29(8-3)24-23(25(31)28(5)7-2)17(4)14-21(27-24)18-11-12-20-19(15-18)16-22(30)26-20/h7,11-12,14-15H,2,6,8-10,13,16H2,1,3-5H3,(H,26,30). The van der Waals surface area contributed by atoms with Crippen molar-refractivity contribution < 1.29 is 9.59 Å². The SMILES string of the molecule is C=CN(C)C(=O)c1c(C)cc(-c2ccc3c(c2)CC(=O)N3)nc1N(CC)CCCCC. The quantitative estimate of drug-likeness (QED) is 0.593. The number of hydrogen-bond donors (Lipinski definition) is 1.